The van der Waals surface area contributed by atoms with Crippen LogP contribution in [0, 0.1) is 11.8 Å². The lowest BCUT2D eigenvalue weighted by Gasteiger charge is -2.25. The molecule has 1 aliphatic heterocycles. The highest BCUT2D eigenvalue weighted by molar-refractivity contribution is 6.06. The lowest BCUT2D eigenvalue weighted by Crippen LogP contribution is -2.37. The fraction of sp³-hybridized carbons (Fsp3) is 0.276. The van der Waals surface area contributed by atoms with E-state index in [0.29, 0.717) is 40.8 Å². The van der Waals surface area contributed by atoms with Crippen molar-refractivity contribution in [3.8, 4) is 23.1 Å². The predicted octanol–water partition coefficient (Wildman–Crippen LogP) is 4.12. The number of rotatable bonds is 5. The van der Waals surface area contributed by atoms with E-state index in [0.717, 1.165) is 18.4 Å². The lowest BCUT2D eigenvalue weighted by molar-refractivity contribution is -0.126. The van der Waals surface area contributed by atoms with Crippen LogP contribution in [0.5, 0.6) is 0 Å². The molecule has 1 aliphatic rings. The number of pyridine rings is 1. The molecule has 1 saturated heterocycles. The van der Waals surface area contributed by atoms with Crippen molar-refractivity contribution < 1.29 is 9.59 Å². The Balaban J connectivity index is 1.53. The van der Waals surface area contributed by atoms with Crippen LogP contribution in [0.2, 0.25) is 0 Å². The number of hydrogen-bond donors (Lipinski definition) is 1. The van der Waals surface area contributed by atoms with Gasteiger partial charge in [-0.15, -0.1) is 0 Å². The Bertz CT molecular complexity index is 1550. The second-order valence-corrected chi connectivity index (χ2v) is 9.42. The summed E-state index contributed by atoms with van der Waals surface area (Å²) in [6.45, 7) is 6.20. The number of nitrogens with two attached hydrogens (primary N) is 1. The minimum Gasteiger partial charge on any atom is -0.382 e. The van der Waals surface area contributed by atoms with E-state index >= 15 is 0 Å². The summed E-state index contributed by atoms with van der Waals surface area (Å²) in [6.07, 6.45) is 6.77. The standard InChI is InChI=1S/C29H29N7O2/c1-4-8-24(37)34-17-7-9-22(34)28-33-25(26-27(30)32-16-18-35(26)28)20-11-13-21(14-12-20)29(38)36(19(2)3)23-10-5-6-15-31-23/h5-6,10-16,18-19,22H,7,9,17H2,1-3H3,(H2,30,32)/t22-/m0/s1. The van der Waals surface area contributed by atoms with E-state index in [1.54, 1.807) is 41.2 Å². The summed E-state index contributed by atoms with van der Waals surface area (Å²) >= 11 is 0. The SMILES string of the molecule is CC#CC(=O)N1CCC[C@H]1c1nc(-c2ccc(C(=O)N(c3ccccn3)C(C)C)cc2)c2c(N)nccn12. The summed E-state index contributed by atoms with van der Waals surface area (Å²) in [6, 6.07) is 12.5. The van der Waals surface area contributed by atoms with Gasteiger partial charge in [0.05, 0.1) is 6.04 Å². The average molecular weight is 508 g/mol. The Morgan fingerprint density at radius 3 is 2.58 bits per heavy atom. The summed E-state index contributed by atoms with van der Waals surface area (Å²) in [7, 11) is 0. The maximum absolute atomic E-state index is 13.4. The van der Waals surface area contributed by atoms with E-state index in [9.17, 15) is 9.59 Å². The maximum Gasteiger partial charge on any atom is 0.299 e. The number of fused-ring (bicyclic) bond motifs is 1. The molecule has 5 rings (SSSR count). The van der Waals surface area contributed by atoms with Gasteiger partial charge in [0, 0.05) is 42.3 Å². The van der Waals surface area contributed by atoms with Crippen LogP contribution < -0.4 is 10.6 Å². The minimum absolute atomic E-state index is 0.0722. The molecule has 0 saturated carbocycles. The second-order valence-electron chi connectivity index (χ2n) is 9.42. The molecular weight excluding hydrogens is 478 g/mol. The second kappa shape index (κ2) is 10.3. The van der Waals surface area contributed by atoms with Gasteiger partial charge >= 0.3 is 0 Å². The van der Waals surface area contributed by atoms with E-state index < -0.39 is 0 Å². The molecule has 9 nitrogen and oxygen atoms in total. The predicted molar refractivity (Wildman–Crippen MR) is 146 cm³/mol. The van der Waals surface area contributed by atoms with Gasteiger partial charge in [0.15, 0.2) is 0 Å². The van der Waals surface area contributed by atoms with Crippen molar-refractivity contribution in [3.63, 3.8) is 0 Å². The summed E-state index contributed by atoms with van der Waals surface area (Å²) in [5.41, 5.74) is 8.97. The first kappa shape index (κ1) is 25.0. The van der Waals surface area contributed by atoms with Crippen molar-refractivity contribution >= 4 is 29.0 Å². The van der Waals surface area contributed by atoms with Gasteiger partial charge in [0.1, 0.15) is 28.7 Å². The molecule has 1 atom stereocenters. The third kappa shape index (κ3) is 4.45. The molecule has 0 spiro atoms. The zero-order valence-corrected chi connectivity index (χ0v) is 21.6. The number of anilines is 2. The monoisotopic (exact) mass is 507 g/mol. The number of imidazole rings is 1. The fourth-order valence-electron chi connectivity index (χ4n) is 4.99. The molecule has 1 aromatic carbocycles. The summed E-state index contributed by atoms with van der Waals surface area (Å²) in [4.78, 5) is 43.1. The third-order valence-electron chi connectivity index (χ3n) is 6.69. The van der Waals surface area contributed by atoms with Crippen LogP contribution in [-0.2, 0) is 4.79 Å². The van der Waals surface area contributed by atoms with Crippen molar-refractivity contribution in [2.45, 2.75) is 45.7 Å². The van der Waals surface area contributed by atoms with Crippen LogP contribution in [0.15, 0.2) is 61.1 Å². The molecule has 2 amide bonds. The number of hydrogen-bond acceptors (Lipinski definition) is 6. The first-order valence-electron chi connectivity index (χ1n) is 12.6. The largest absolute Gasteiger partial charge is 0.382 e. The van der Waals surface area contributed by atoms with E-state index in [1.165, 1.54) is 0 Å². The van der Waals surface area contributed by atoms with Gasteiger partial charge in [0.2, 0.25) is 0 Å². The molecule has 0 radical (unpaired) electrons. The molecule has 192 valence electrons. The molecule has 38 heavy (non-hydrogen) atoms. The average Bonchev–Trinajstić information content (AvgIpc) is 3.55. The van der Waals surface area contributed by atoms with Crippen LogP contribution in [0.4, 0.5) is 11.6 Å². The van der Waals surface area contributed by atoms with E-state index in [4.69, 9.17) is 10.7 Å². The molecule has 0 aliphatic carbocycles. The molecule has 9 heteroatoms. The molecule has 4 heterocycles. The number of nitrogens with zero attached hydrogens (tertiary/aromatic N) is 6. The van der Waals surface area contributed by atoms with Crippen LogP contribution >= 0.6 is 0 Å². The molecule has 0 unspecified atom stereocenters. The number of carbonyl (C=O) groups is 2. The highest BCUT2D eigenvalue weighted by atomic mass is 16.2. The zero-order chi connectivity index (χ0) is 26.8. The Kier molecular flexibility index (Phi) is 6.79. The maximum atomic E-state index is 13.4. The van der Waals surface area contributed by atoms with Crippen molar-refractivity contribution in [1.82, 2.24) is 24.3 Å². The van der Waals surface area contributed by atoms with Gasteiger partial charge in [-0.25, -0.2) is 15.0 Å². The van der Waals surface area contributed by atoms with Crippen LogP contribution in [-0.4, -0.2) is 48.7 Å². The van der Waals surface area contributed by atoms with E-state index in [-0.39, 0.29) is 23.9 Å². The number of likely N-dealkylation sites (tertiary alicyclic amines) is 1. The number of aromatic nitrogens is 4. The van der Waals surface area contributed by atoms with Gasteiger partial charge in [-0.3, -0.25) is 18.9 Å². The van der Waals surface area contributed by atoms with Crippen molar-refractivity contribution in [1.29, 1.82) is 0 Å². The first-order chi connectivity index (χ1) is 18.4. The number of carbonyl (C=O) groups excluding carboxylic acids is 2. The normalized spacial score (nSPS) is 14.9. The van der Waals surface area contributed by atoms with Gasteiger partial charge in [-0.2, -0.15) is 0 Å². The Morgan fingerprint density at radius 1 is 1.11 bits per heavy atom. The molecule has 4 aromatic rings. The molecule has 3 aromatic heterocycles. The number of nitrogen functional groups attached to an aromatic ring is 1. The zero-order valence-electron chi connectivity index (χ0n) is 21.6. The Morgan fingerprint density at radius 2 is 1.89 bits per heavy atom. The van der Waals surface area contributed by atoms with Crippen LogP contribution in [0.3, 0.4) is 0 Å². The summed E-state index contributed by atoms with van der Waals surface area (Å²) in [5, 5.41) is 0. The Hall–Kier alpha value is -4.71. The van der Waals surface area contributed by atoms with Gasteiger partial charge in [0.25, 0.3) is 11.8 Å². The smallest absolute Gasteiger partial charge is 0.299 e. The van der Waals surface area contributed by atoms with Crippen molar-refractivity contribution in [2.75, 3.05) is 17.2 Å². The van der Waals surface area contributed by atoms with E-state index in [1.807, 2.05) is 54.8 Å². The van der Waals surface area contributed by atoms with E-state index in [2.05, 4.69) is 21.8 Å². The van der Waals surface area contributed by atoms with Crippen molar-refractivity contribution in [3.05, 3.63) is 72.4 Å². The molecule has 2 N–H and O–H groups in total. The van der Waals surface area contributed by atoms with Gasteiger partial charge in [-0.05, 0) is 63.8 Å². The summed E-state index contributed by atoms with van der Waals surface area (Å²) in [5.74, 6) is 6.66. The summed E-state index contributed by atoms with van der Waals surface area (Å²) < 4.78 is 1.91. The topological polar surface area (TPSA) is 110 Å². The first-order valence-corrected chi connectivity index (χ1v) is 12.6. The quantitative estimate of drug-likeness (QED) is 0.407. The number of amides is 2. The molecular formula is C29H29N7O2. The lowest BCUT2D eigenvalue weighted by atomic mass is 10.1. The van der Waals surface area contributed by atoms with Gasteiger partial charge in [-0.1, -0.05) is 24.1 Å². The third-order valence-corrected chi connectivity index (χ3v) is 6.69. The van der Waals surface area contributed by atoms with Gasteiger partial charge < -0.3 is 10.6 Å². The number of benzene rings is 1. The van der Waals surface area contributed by atoms with Crippen LogP contribution in [0.25, 0.3) is 16.8 Å². The molecule has 1 fully saturated rings. The Labute approximate surface area is 221 Å². The van der Waals surface area contributed by atoms with Crippen molar-refractivity contribution in [2.24, 2.45) is 0 Å². The highest BCUT2D eigenvalue weighted by Crippen LogP contribution is 2.36. The van der Waals surface area contributed by atoms with Crippen LogP contribution in [0.1, 0.15) is 55.8 Å². The molecule has 0 bridgehead atoms. The highest BCUT2D eigenvalue weighted by Gasteiger charge is 2.33. The minimum atomic E-state index is -0.217. The fourth-order valence-corrected chi connectivity index (χ4v) is 4.99.